The molecular formula is C8H14NO. The van der Waals surface area contributed by atoms with Gasteiger partial charge in [0.25, 0.3) is 0 Å². The van der Waals surface area contributed by atoms with Crippen LogP contribution in [0, 0.1) is 7.05 Å². The van der Waals surface area contributed by atoms with E-state index in [9.17, 15) is 4.79 Å². The van der Waals surface area contributed by atoms with Crippen molar-refractivity contribution in [1.29, 1.82) is 0 Å². The zero-order valence-corrected chi connectivity index (χ0v) is 6.82. The van der Waals surface area contributed by atoms with Crippen molar-refractivity contribution in [1.82, 2.24) is 5.32 Å². The number of carbonyl (C=O) groups is 1. The Balaban J connectivity index is 3.92. The number of carbonyl (C=O) groups excluding carboxylic acids is 1. The highest BCUT2D eigenvalue weighted by Gasteiger charge is 1.99. The number of rotatable bonds is 2. The maximum atomic E-state index is 10.7. The van der Waals surface area contributed by atoms with Crippen LogP contribution in [0.5, 0.6) is 0 Å². The fourth-order valence-corrected chi connectivity index (χ4v) is 0.480. The molecule has 0 saturated heterocycles. The summed E-state index contributed by atoms with van der Waals surface area (Å²) >= 11 is 0. The molecule has 2 heteroatoms. The lowest BCUT2D eigenvalue weighted by molar-refractivity contribution is -0.119. The minimum atomic E-state index is -0.0290. The van der Waals surface area contributed by atoms with Crippen LogP contribution in [0.25, 0.3) is 0 Å². The number of nitrogens with one attached hydrogen (secondary N) is 1. The van der Waals surface area contributed by atoms with Gasteiger partial charge in [0, 0.05) is 13.5 Å². The van der Waals surface area contributed by atoms with Gasteiger partial charge in [0.05, 0.1) is 0 Å². The summed E-state index contributed by atoms with van der Waals surface area (Å²) in [7, 11) is 3.28. The number of amides is 1. The van der Waals surface area contributed by atoms with Gasteiger partial charge in [-0.15, -0.1) is 0 Å². The van der Waals surface area contributed by atoms with Crippen LogP contribution in [-0.2, 0) is 4.79 Å². The molecule has 0 fully saturated rings. The van der Waals surface area contributed by atoms with Gasteiger partial charge in [-0.3, -0.25) is 4.79 Å². The van der Waals surface area contributed by atoms with E-state index in [0.717, 1.165) is 5.57 Å². The van der Waals surface area contributed by atoms with E-state index in [2.05, 4.69) is 12.4 Å². The van der Waals surface area contributed by atoms with Gasteiger partial charge >= 0.3 is 0 Å². The summed E-state index contributed by atoms with van der Waals surface area (Å²) in [6.45, 7) is 5.93. The molecular weight excluding hydrogens is 126 g/mol. The second-order valence-corrected chi connectivity index (χ2v) is 2.56. The Hall–Kier alpha value is -0.790. The average molecular weight is 140 g/mol. The summed E-state index contributed by atoms with van der Waals surface area (Å²) in [5, 5.41) is 2.33. The van der Waals surface area contributed by atoms with E-state index in [-0.39, 0.29) is 5.91 Å². The monoisotopic (exact) mass is 140 g/mol. The highest BCUT2D eigenvalue weighted by atomic mass is 16.1. The summed E-state index contributed by atoms with van der Waals surface area (Å²) in [6, 6.07) is 0. The number of hydrogen-bond acceptors (Lipinski definition) is 1. The van der Waals surface area contributed by atoms with Gasteiger partial charge in [0.15, 0.2) is 0 Å². The molecule has 0 rings (SSSR count). The molecule has 1 radical (unpaired) electrons. The average Bonchev–Trinajstić information content (AvgIpc) is 1.87. The molecule has 0 bridgehead atoms. The lowest BCUT2D eigenvalue weighted by atomic mass is 10.1. The van der Waals surface area contributed by atoms with E-state index in [1.807, 2.05) is 20.8 Å². The maximum Gasteiger partial charge on any atom is 0.224 e. The van der Waals surface area contributed by atoms with Gasteiger partial charge in [0.1, 0.15) is 0 Å². The van der Waals surface area contributed by atoms with Crippen molar-refractivity contribution in [2.75, 3.05) is 0 Å². The van der Waals surface area contributed by atoms with Crippen molar-refractivity contribution in [3.8, 4) is 0 Å². The summed E-state index contributed by atoms with van der Waals surface area (Å²) in [5.74, 6) is -0.0290. The molecule has 0 aromatic carbocycles. The van der Waals surface area contributed by atoms with Gasteiger partial charge in [-0.05, 0) is 20.8 Å². The first kappa shape index (κ1) is 9.21. The topological polar surface area (TPSA) is 29.1 Å². The van der Waals surface area contributed by atoms with Crippen molar-refractivity contribution in [3.05, 3.63) is 18.2 Å². The van der Waals surface area contributed by atoms with Crippen molar-refractivity contribution >= 4 is 5.91 Å². The number of hydrogen-bond donors (Lipinski definition) is 1. The minimum absolute atomic E-state index is 0.0290. The highest BCUT2D eigenvalue weighted by molar-refractivity contribution is 5.78. The first-order valence-electron chi connectivity index (χ1n) is 3.26. The van der Waals surface area contributed by atoms with Crippen molar-refractivity contribution in [2.24, 2.45) is 0 Å². The van der Waals surface area contributed by atoms with Crippen LogP contribution in [-0.4, -0.2) is 5.91 Å². The molecule has 0 aromatic heterocycles. The van der Waals surface area contributed by atoms with E-state index in [4.69, 9.17) is 0 Å². The largest absolute Gasteiger partial charge is 0.354 e. The van der Waals surface area contributed by atoms with E-state index in [1.54, 1.807) is 0 Å². The van der Waals surface area contributed by atoms with Crippen LogP contribution in [0.4, 0.5) is 0 Å². The molecule has 1 N–H and O–H groups in total. The van der Waals surface area contributed by atoms with E-state index < -0.39 is 0 Å². The Morgan fingerprint density at radius 1 is 1.40 bits per heavy atom. The van der Waals surface area contributed by atoms with Crippen molar-refractivity contribution in [3.63, 3.8) is 0 Å². The molecule has 0 aliphatic rings. The third-order valence-electron chi connectivity index (χ3n) is 1.48. The molecule has 0 heterocycles. The summed E-state index contributed by atoms with van der Waals surface area (Å²) in [6.07, 6.45) is 0.464. The van der Waals surface area contributed by atoms with Gasteiger partial charge in [0.2, 0.25) is 5.91 Å². The molecule has 57 valence electrons. The zero-order chi connectivity index (χ0) is 8.15. The highest BCUT2D eigenvalue weighted by Crippen LogP contribution is 2.05. The molecule has 0 aliphatic heterocycles. The summed E-state index contributed by atoms with van der Waals surface area (Å²) in [5.41, 5.74) is 2.31. The molecule has 0 aromatic rings. The lowest BCUT2D eigenvalue weighted by Gasteiger charge is -2.01. The normalized spacial score (nSPS) is 8.80. The zero-order valence-electron chi connectivity index (χ0n) is 6.82. The van der Waals surface area contributed by atoms with Crippen LogP contribution >= 0.6 is 0 Å². The Kier molecular flexibility index (Phi) is 3.77. The molecule has 0 atom stereocenters. The third kappa shape index (κ3) is 3.28. The van der Waals surface area contributed by atoms with Crippen LogP contribution in [0.2, 0.25) is 0 Å². The third-order valence-corrected chi connectivity index (χ3v) is 1.48. The van der Waals surface area contributed by atoms with Crippen LogP contribution < -0.4 is 5.32 Å². The molecule has 0 aliphatic carbocycles. The van der Waals surface area contributed by atoms with Gasteiger partial charge in [-0.25, -0.2) is 0 Å². The SMILES string of the molecule is [CH2]NC(=O)CC(C)=C(C)C. The first-order valence-corrected chi connectivity index (χ1v) is 3.26. The van der Waals surface area contributed by atoms with Crippen molar-refractivity contribution in [2.45, 2.75) is 27.2 Å². The fraction of sp³-hybridized carbons (Fsp3) is 0.500. The number of allylic oxidation sites excluding steroid dienone is 1. The fourth-order valence-electron chi connectivity index (χ4n) is 0.480. The van der Waals surface area contributed by atoms with E-state index in [1.165, 1.54) is 5.57 Å². The Labute approximate surface area is 62.3 Å². The predicted octanol–water partition coefficient (Wildman–Crippen LogP) is 1.64. The predicted molar refractivity (Wildman–Crippen MR) is 42.2 cm³/mol. The van der Waals surface area contributed by atoms with Crippen LogP contribution in [0.3, 0.4) is 0 Å². The quantitative estimate of drug-likeness (QED) is 0.580. The lowest BCUT2D eigenvalue weighted by Crippen LogP contribution is -2.15. The van der Waals surface area contributed by atoms with Crippen LogP contribution in [0.1, 0.15) is 27.2 Å². The Morgan fingerprint density at radius 2 is 1.90 bits per heavy atom. The van der Waals surface area contributed by atoms with E-state index >= 15 is 0 Å². The van der Waals surface area contributed by atoms with Gasteiger partial charge in [-0.1, -0.05) is 11.1 Å². The second kappa shape index (κ2) is 4.09. The van der Waals surface area contributed by atoms with Crippen LogP contribution in [0.15, 0.2) is 11.1 Å². The molecule has 0 unspecified atom stereocenters. The smallest absolute Gasteiger partial charge is 0.224 e. The molecule has 0 saturated carbocycles. The Bertz CT molecular complexity index is 155. The van der Waals surface area contributed by atoms with Gasteiger partial charge in [-0.2, -0.15) is 0 Å². The molecule has 2 nitrogen and oxygen atoms in total. The molecule has 0 spiro atoms. The van der Waals surface area contributed by atoms with Crippen molar-refractivity contribution < 1.29 is 4.79 Å². The Morgan fingerprint density at radius 3 is 2.20 bits per heavy atom. The standard InChI is InChI=1S/C8H14NO/c1-6(2)7(3)5-8(10)9-4/h4-5H2,1-3H3,(H,9,10). The molecule has 1 amide bonds. The summed E-state index contributed by atoms with van der Waals surface area (Å²) in [4.78, 5) is 10.7. The second-order valence-electron chi connectivity index (χ2n) is 2.56. The summed E-state index contributed by atoms with van der Waals surface area (Å²) < 4.78 is 0. The van der Waals surface area contributed by atoms with E-state index in [0.29, 0.717) is 6.42 Å². The van der Waals surface area contributed by atoms with Gasteiger partial charge < -0.3 is 5.32 Å². The first-order chi connectivity index (χ1) is 4.57. The minimum Gasteiger partial charge on any atom is -0.354 e. The molecule has 10 heavy (non-hydrogen) atoms. The maximum absolute atomic E-state index is 10.7.